The standard InChI is InChI=1S/C25H25ClN4O2S/c1-14-4-2-7-19(26)22(14)30-24(32)21-13-27-25(33-21)28-18-6-3-5-17(12-18)23(31)29-20-11-15-8-9-16(20)10-15/h2-7,12-13,15-16,20H,8-11H2,1H3,(H,27,28)(H,29,31)(H,30,32). The van der Waals surface area contributed by atoms with Crippen LogP contribution < -0.4 is 16.0 Å². The summed E-state index contributed by atoms with van der Waals surface area (Å²) < 4.78 is 0. The van der Waals surface area contributed by atoms with Gasteiger partial charge in [0.05, 0.1) is 16.9 Å². The summed E-state index contributed by atoms with van der Waals surface area (Å²) in [7, 11) is 0. The van der Waals surface area contributed by atoms with Gasteiger partial charge in [-0.2, -0.15) is 0 Å². The van der Waals surface area contributed by atoms with Crippen LogP contribution in [0, 0.1) is 18.8 Å². The quantitative estimate of drug-likeness (QED) is 0.403. The molecular weight excluding hydrogens is 456 g/mol. The van der Waals surface area contributed by atoms with E-state index in [9.17, 15) is 9.59 Å². The molecule has 0 aliphatic heterocycles. The Balaban J connectivity index is 1.23. The van der Waals surface area contributed by atoms with Gasteiger partial charge >= 0.3 is 0 Å². The molecule has 0 radical (unpaired) electrons. The Morgan fingerprint density at radius 3 is 2.70 bits per heavy atom. The molecule has 6 nitrogen and oxygen atoms in total. The second kappa shape index (κ2) is 9.15. The minimum absolute atomic E-state index is 0.0366. The van der Waals surface area contributed by atoms with Crippen LogP contribution in [0.3, 0.4) is 0 Å². The molecule has 8 heteroatoms. The molecule has 0 spiro atoms. The van der Waals surface area contributed by atoms with Gasteiger partial charge in [-0.3, -0.25) is 9.59 Å². The van der Waals surface area contributed by atoms with Crippen LogP contribution in [0.1, 0.15) is 51.3 Å². The van der Waals surface area contributed by atoms with E-state index in [0.29, 0.717) is 38.2 Å². The molecule has 2 aromatic carbocycles. The van der Waals surface area contributed by atoms with Gasteiger partial charge in [0, 0.05) is 17.3 Å². The lowest BCUT2D eigenvalue weighted by atomic mass is 9.95. The van der Waals surface area contributed by atoms with Gasteiger partial charge < -0.3 is 16.0 Å². The van der Waals surface area contributed by atoms with Crippen molar-refractivity contribution in [2.24, 2.45) is 11.8 Å². The van der Waals surface area contributed by atoms with Crippen molar-refractivity contribution in [3.63, 3.8) is 0 Å². The summed E-state index contributed by atoms with van der Waals surface area (Å²) in [6.45, 7) is 1.89. The lowest BCUT2D eigenvalue weighted by molar-refractivity contribution is 0.0922. The van der Waals surface area contributed by atoms with E-state index in [4.69, 9.17) is 11.6 Å². The molecule has 2 bridgehead atoms. The van der Waals surface area contributed by atoms with E-state index in [1.54, 1.807) is 6.07 Å². The van der Waals surface area contributed by atoms with Crippen LogP contribution >= 0.6 is 22.9 Å². The number of nitrogens with zero attached hydrogens (tertiary/aromatic N) is 1. The summed E-state index contributed by atoms with van der Waals surface area (Å²) >= 11 is 7.45. The van der Waals surface area contributed by atoms with Crippen LogP contribution in [0.15, 0.2) is 48.7 Å². The number of rotatable bonds is 6. The van der Waals surface area contributed by atoms with E-state index in [-0.39, 0.29) is 11.8 Å². The fourth-order valence-corrected chi connectivity index (χ4v) is 5.94. The third kappa shape index (κ3) is 4.75. The molecule has 2 saturated carbocycles. The maximum atomic E-state index is 12.8. The Morgan fingerprint density at radius 1 is 1.09 bits per heavy atom. The van der Waals surface area contributed by atoms with Crippen LogP contribution in [-0.2, 0) is 0 Å². The molecular formula is C25H25ClN4O2S. The normalized spacial score (nSPS) is 21.1. The molecule has 2 aliphatic rings. The molecule has 170 valence electrons. The van der Waals surface area contributed by atoms with Crippen molar-refractivity contribution >= 4 is 51.3 Å². The minimum Gasteiger partial charge on any atom is -0.349 e. The number of aryl methyl sites for hydroxylation is 1. The Kier molecular flexibility index (Phi) is 6.08. The third-order valence-electron chi connectivity index (χ3n) is 6.62. The molecule has 2 fully saturated rings. The first-order valence-electron chi connectivity index (χ1n) is 11.2. The molecule has 1 aromatic heterocycles. The van der Waals surface area contributed by atoms with Gasteiger partial charge in [0.15, 0.2) is 5.13 Å². The number of carbonyl (C=O) groups excluding carboxylic acids is 2. The molecule has 3 aromatic rings. The van der Waals surface area contributed by atoms with E-state index in [1.165, 1.54) is 36.8 Å². The molecule has 3 atom stereocenters. The molecule has 33 heavy (non-hydrogen) atoms. The topological polar surface area (TPSA) is 83.1 Å². The van der Waals surface area contributed by atoms with Crippen molar-refractivity contribution in [3.8, 4) is 0 Å². The summed E-state index contributed by atoms with van der Waals surface area (Å²) in [5.41, 5.74) is 2.85. The van der Waals surface area contributed by atoms with Gasteiger partial charge in [0.25, 0.3) is 11.8 Å². The zero-order valence-electron chi connectivity index (χ0n) is 18.2. The zero-order chi connectivity index (χ0) is 22.9. The second-order valence-electron chi connectivity index (χ2n) is 8.88. The SMILES string of the molecule is Cc1cccc(Cl)c1NC(=O)c1cnc(Nc2cccc(C(=O)NC3CC4CCC3C4)c2)s1. The number of aromatic nitrogens is 1. The fourth-order valence-electron chi connectivity index (χ4n) is 4.94. The van der Waals surface area contributed by atoms with Crippen molar-refractivity contribution in [2.45, 2.75) is 38.6 Å². The van der Waals surface area contributed by atoms with Gasteiger partial charge in [0.2, 0.25) is 0 Å². The highest BCUT2D eigenvalue weighted by Crippen LogP contribution is 2.44. The Hall–Kier alpha value is -2.90. The first-order chi connectivity index (χ1) is 16.0. The van der Waals surface area contributed by atoms with Crippen molar-refractivity contribution in [3.05, 3.63) is 69.7 Å². The van der Waals surface area contributed by atoms with Crippen molar-refractivity contribution in [2.75, 3.05) is 10.6 Å². The third-order valence-corrected chi connectivity index (χ3v) is 7.85. The smallest absolute Gasteiger partial charge is 0.267 e. The maximum absolute atomic E-state index is 12.8. The Morgan fingerprint density at radius 2 is 1.94 bits per heavy atom. The maximum Gasteiger partial charge on any atom is 0.267 e. The van der Waals surface area contributed by atoms with E-state index >= 15 is 0 Å². The van der Waals surface area contributed by atoms with E-state index < -0.39 is 0 Å². The predicted molar refractivity (Wildman–Crippen MR) is 133 cm³/mol. The first-order valence-corrected chi connectivity index (χ1v) is 12.4. The molecule has 2 amide bonds. The highest BCUT2D eigenvalue weighted by molar-refractivity contribution is 7.17. The number of fused-ring (bicyclic) bond motifs is 2. The summed E-state index contributed by atoms with van der Waals surface area (Å²) in [5.74, 6) is 1.11. The average Bonchev–Trinajstić information content (AvgIpc) is 3.54. The van der Waals surface area contributed by atoms with Crippen LogP contribution in [0.25, 0.3) is 0 Å². The first kappa shape index (κ1) is 21.9. The van der Waals surface area contributed by atoms with Gasteiger partial charge in [-0.15, -0.1) is 0 Å². The Labute approximate surface area is 201 Å². The molecule has 0 saturated heterocycles. The summed E-state index contributed by atoms with van der Waals surface area (Å²) in [4.78, 5) is 30.2. The van der Waals surface area contributed by atoms with Crippen LogP contribution in [0.5, 0.6) is 0 Å². The number of carbonyl (C=O) groups is 2. The number of anilines is 3. The highest BCUT2D eigenvalue weighted by Gasteiger charge is 2.40. The number of amides is 2. The number of halogens is 1. The van der Waals surface area contributed by atoms with E-state index in [0.717, 1.165) is 23.6 Å². The summed E-state index contributed by atoms with van der Waals surface area (Å²) in [5, 5.41) is 10.4. The van der Waals surface area contributed by atoms with Crippen LogP contribution in [-0.4, -0.2) is 22.8 Å². The number of hydrogen-bond donors (Lipinski definition) is 3. The number of benzene rings is 2. The minimum atomic E-state index is -0.268. The number of thiazole rings is 1. The zero-order valence-corrected chi connectivity index (χ0v) is 19.8. The molecule has 2 aliphatic carbocycles. The predicted octanol–water partition coefficient (Wildman–Crippen LogP) is 6.02. The Bertz CT molecular complexity index is 1190. The second-order valence-corrected chi connectivity index (χ2v) is 10.3. The van der Waals surface area contributed by atoms with Crippen molar-refractivity contribution in [1.29, 1.82) is 0 Å². The summed E-state index contributed by atoms with van der Waals surface area (Å²) in [6, 6.07) is 13.1. The molecule has 3 unspecified atom stereocenters. The number of hydrogen-bond acceptors (Lipinski definition) is 5. The molecule has 1 heterocycles. The molecule has 5 rings (SSSR count). The molecule has 3 N–H and O–H groups in total. The average molecular weight is 481 g/mol. The van der Waals surface area contributed by atoms with Crippen molar-refractivity contribution < 1.29 is 9.59 Å². The van der Waals surface area contributed by atoms with Gasteiger partial charge in [0.1, 0.15) is 4.88 Å². The van der Waals surface area contributed by atoms with Crippen molar-refractivity contribution in [1.82, 2.24) is 10.3 Å². The van der Waals surface area contributed by atoms with Gasteiger partial charge in [-0.25, -0.2) is 4.98 Å². The fraction of sp³-hybridized carbons (Fsp3) is 0.320. The number of nitrogens with one attached hydrogen (secondary N) is 3. The lowest BCUT2D eigenvalue weighted by Crippen LogP contribution is -2.38. The number of para-hydroxylation sites is 1. The van der Waals surface area contributed by atoms with Gasteiger partial charge in [-0.1, -0.05) is 47.6 Å². The largest absolute Gasteiger partial charge is 0.349 e. The summed E-state index contributed by atoms with van der Waals surface area (Å²) in [6.07, 6.45) is 6.42. The van der Waals surface area contributed by atoms with Crippen LogP contribution in [0.4, 0.5) is 16.5 Å². The highest BCUT2D eigenvalue weighted by atomic mass is 35.5. The van der Waals surface area contributed by atoms with E-state index in [1.807, 2.05) is 43.3 Å². The van der Waals surface area contributed by atoms with Crippen LogP contribution in [0.2, 0.25) is 5.02 Å². The lowest BCUT2D eigenvalue weighted by Gasteiger charge is -2.23. The monoisotopic (exact) mass is 480 g/mol. The van der Waals surface area contributed by atoms with E-state index in [2.05, 4.69) is 20.9 Å². The van der Waals surface area contributed by atoms with Gasteiger partial charge in [-0.05, 0) is 67.9 Å².